The standard InChI is InChI=1S/C19H19ClN2O3/c1-2-24-16-6-8-17(9-7-16)25-13-18(23)22-11-10-21-19(22)14-4-3-5-15(20)12-14/h3-9,12H,2,10-11,13H2,1H3. The van der Waals surface area contributed by atoms with Gasteiger partial charge in [0.05, 0.1) is 13.2 Å². The fraction of sp³-hybridized carbons (Fsp3) is 0.263. The Morgan fingerprint density at radius 2 is 1.88 bits per heavy atom. The minimum absolute atomic E-state index is 0.0480. The molecule has 0 atom stereocenters. The van der Waals surface area contributed by atoms with Crippen molar-refractivity contribution >= 4 is 23.3 Å². The van der Waals surface area contributed by atoms with Crippen molar-refractivity contribution in [3.05, 3.63) is 59.1 Å². The molecule has 0 unspecified atom stereocenters. The molecule has 6 heteroatoms. The average Bonchev–Trinajstić information content (AvgIpc) is 3.11. The fourth-order valence-corrected chi connectivity index (χ4v) is 2.78. The van der Waals surface area contributed by atoms with E-state index in [0.29, 0.717) is 36.3 Å². The Bertz CT molecular complexity index is 774. The predicted octanol–water partition coefficient (Wildman–Crippen LogP) is 3.41. The van der Waals surface area contributed by atoms with Crippen LogP contribution >= 0.6 is 11.6 Å². The number of carbonyl (C=O) groups is 1. The lowest BCUT2D eigenvalue weighted by molar-refractivity contribution is -0.129. The van der Waals surface area contributed by atoms with Crippen LogP contribution in [0.5, 0.6) is 11.5 Å². The molecule has 0 spiro atoms. The summed E-state index contributed by atoms with van der Waals surface area (Å²) in [6.07, 6.45) is 0. The zero-order valence-electron chi connectivity index (χ0n) is 13.9. The summed E-state index contributed by atoms with van der Waals surface area (Å²) in [6, 6.07) is 14.5. The van der Waals surface area contributed by atoms with Gasteiger partial charge in [0, 0.05) is 17.1 Å². The summed E-state index contributed by atoms with van der Waals surface area (Å²) < 4.78 is 11.0. The van der Waals surface area contributed by atoms with Crippen LogP contribution in [0.2, 0.25) is 5.02 Å². The zero-order valence-corrected chi connectivity index (χ0v) is 14.7. The lowest BCUT2D eigenvalue weighted by Gasteiger charge is -2.19. The number of benzene rings is 2. The normalized spacial score (nSPS) is 13.5. The van der Waals surface area contributed by atoms with Gasteiger partial charge < -0.3 is 9.47 Å². The molecule has 1 aliphatic heterocycles. The molecule has 2 aromatic rings. The summed E-state index contributed by atoms with van der Waals surface area (Å²) in [5.41, 5.74) is 0.833. The first-order valence-electron chi connectivity index (χ1n) is 8.14. The molecule has 0 saturated carbocycles. The van der Waals surface area contributed by atoms with Crippen molar-refractivity contribution in [2.45, 2.75) is 6.92 Å². The molecule has 0 N–H and O–H groups in total. The van der Waals surface area contributed by atoms with Gasteiger partial charge in [0.25, 0.3) is 5.91 Å². The van der Waals surface area contributed by atoms with Crippen LogP contribution in [0.3, 0.4) is 0 Å². The van der Waals surface area contributed by atoms with Gasteiger partial charge >= 0.3 is 0 Å². The van der Waals surface area contributed by atoms with Gasteiger partial charge in [-0.05, 0) is 43.3 Å². The van der Waals surface area contributed by atoms with Crippen molar-refractivity contribution in [1.29, 1.82) is 0 Å². The first kappa shape index (κ1) is 17.3. The number of aliphatic imine (C=N–C) groups is 1. The molecule has 3 rings (SSSR count). The zero-order chi connectivity index (χ0) is 17.6. The van der Waals surface area contributed by atoms with Gasteiger partial charge in [-0.1, -0.05) is 23.7 Å². The number of carbonyl (C=O) groups excluding carboxylic acids is 1. The summed E-state index contributed by atoms with van der Waals surface area (Å²) >= 11 is 6.03. The summed E-state index contributed by atoms with van der Waals surface area (Å²) in [5.74, 6) is 1.90. The Morgan fingerprint density at radius 3 is 2.56 bits per heavy atom. The number of hydrogen-bond acceptors (Lipinski definition) is 4. The molecule has 2 aromatic carbocycles. The van der Waals surface area contributed by atoms with Crippen LogP contribution in [0.15, 0.2) is 53.5 Å². The number of amides is 1. The number of nitrogens with zero attached hydrogens (tertiary/aromatic N) is 2. The van der Waals surface area contributed by atoms with E-state index < -0.39 is 0 Å². The quantitative estimate of drug-likeness (QED) is 0.795. The van der Waals surface area contributed by atoms with Gasteiger partial charge in [-0.2, -0.15) is 0 Å². The predicted molar refractivity (Wildman–Crippen MR) is 97.7 cm³/mol. The molecule has 25 heavy (non-hydrogen) atoms. The van der Waals surface area contributed by atoms with E-state index in [1.807, 2.05) is 31.2 Å². The van der Waals surface area contributed by atoms with Crippen molar-refractivity contribution < 1.29 is 14.3 Å². The minimum atomic E-state index is -0.134. The third-order valence-corrected chi connectivity index (χ3v) is 3.96. The third-order valence-electron chi connectivity index (χ3n) is 3.72. The van der Waals surface area contributed by atoms with Crippen molar-refractivity contribution in [2.24, 2.45) is 4.99 Å². The number of hydrogen-bond donors (Lipinski definition) is 0. The Morgan fingerprint density at radius 1 is 1.16 bits per heavy atom. The molecule has 1 heterocycles. The third kappa shape index (κ3) is 4.31. The van der Waals surface area contributed by atoms with Crippen molar-refractivity contribution in [1.82, 2.24) is 4.90 Å². The molecular formula is C19H19ClN2O3. The Balaban J connectivity index is 1.62. The van der Waals surface area contributed by atoms with Gasteiger partial charge in [0.2, 0.25) is 0 Å². The molecule has 1 amide bonds. The van der Waals surface area contributed by atoms with Crippen LogP contribution < -0.4 is 9.47 Å². The topological polar surface area (TPSA) is 51.1 Å². The molecule has 0 aliphatic carbocycles. The number of halogens is 1. The van der Waals surface area contributed by atoms with E-state index in [4.69, 9.17) is 21.1 Å². The number of rotatable bonds is 6. The Labute approximate surface area is 151 Å². The highest BCUT2D eigenvalue weighted by atomic mass is 35.5. The molecule has 0 aromatic heterocycles. The Hall–Kier alpha value is -2.53. The molecule has 0 saturated heterocycles. The van der Waals surface area contributed by atoms with E-state index in [-0.39, 0.29) is 12.5 Å². The highest BCUT2D eigenvalue weighted by Gasteiger charge is 2.25. The number of ether oxygens (including phenoxy) is 2. The van der Waals surface area contributed by atoms with Gasteiger partial charge in [-0.25, -0.2) is 0 Å². The molecule has 0 fully saturated rings. The summed E-state index contributed by atoms with van der Waals surface area (Å²) in [5, 5.41) is 0.616. The highest BCUT2D eigenvalue weighted by Crippen LogP contribution is 2.19. The maximum Gasteiger partial charge on any atom is 0.266 e. The van der Waals surface area contributed by atoms with Crippen LogP contribution in [0.1, 0.15) is 12.5 Å². The van der Waals surface area contributed by atoms with Crippen molar-refractivity contribution in [2.75, 3.05) is 26.3 Å². The van der Waals surface area contributed by atoms with Crippen molar-refractivity contribution in [3.8, 4) is 11.5 Å². The maximum atomic E-state index is 12.5. The Kier molecular flexibility index (Phi) is 5.56. The molecule has 1 aliphatic rings. The lowest BCUT2D eigenvalue weighted by Crippen LogP contribution is -2.38. The van der Waals surface area contributed by atoms with Crippen LogP contribution in [0.4, 0.5) is 0 Å². The van der Waals surface area contributed by atoms with E-state index in [0.717, 1.165) is 11.3 Å². The lowest BCUT2D eigenvalue weighted by atomic mass is 10.2. The first-order chi connectivity index (χ1) is 12.2. The smallest absolute Gasteiger partial charge is 0.266 e. The van der Waals surface area contributed by atoms with Crippen LogP contribution in [0.25, 0.3) is 0 Å². The second-order valence-corrected chi connectivity index (χ2v) is 5.89. The van der Waals surface area contributed by atoms with Gasteiger partial charge in [0.15, 0.2) is 6.61 Å². The van der Waals surface area contributed by atoms with Gasteiger partial charge in [-0.15, -0.1) is 0 Å². The van der Waals surface area contributed by atoms with E-state index in [1.165, 1.54) is 0 Å². The fourth-order valence-electron chi connectivity index (χ4n) is 2.59. The second kappa shape index (κ2) is 8.03. The molecular weight excluding hydrogens is 340 g/mol. The largest absolute Gasteiger partial charge is 0.494 e. The minimum Gasteiger partial charge on any atom is -0.494 e. The summed E-state index contributed by atoms with van der Waals surface area (Å²) in [6.45, 7) is 3.62. The number of amidine groups is 1. The molecule has 5 nitrogen and oxygen atoms in total. The van der Waals surface area contributed by atoms with Crippen LogP contribution in [-0.4, -0.2) is 42.9 Å². The maximum absolute atomic E-state index is 12.5. The molecule has 130 valence electrons. The summed E-state index contributed by atoms with van der Waals surface area (Å²) in [7, 11) is 0. The van der Waals surface area contributed by atoms with Crippen molar-refractivity contribution in [3.63, 3.8) is 0 Å². The second-order valence-electron chi connectivity index (χ2n) is 5.45. The van der Waals surface area contributed by atoms with E-state index in [9.17, 15) is 4.79 Å². The molecule has 0 bridgehead atoms. The van der Waals surface area contributed by atoms with Crippen LogP contribution in [-0.2, 0) is 4.79 Å². The first-order valence-corrected chi connectivity index (χ1v) is 8.51. The highest BCUT2D eigenvalue weighted by molar-refractivity contribution is 6.31. The van der Waals surface area contributed by atoms with Crippen LogP contribution in [0, 0.1) is 0 Å². The van der Waals surface area contributed by atoms with Gasteiger partial charge in [0.1, 0.15) is 17.3 Å². The average molecular weight is 359 g/mol. The molecule has 0 radical (unpaired) electrons. The van der Waals surface area contributed by atoms with Gasteiger partial charge in [-0.3, -0.25) is 14.7 Å². The SMILES string of the molecule is CCOc1ccc(OCC(=O)N2CCN=C2c2cccc(Cl)c2)cc1. The van der Waals surface area contributed by atoms with E-state index in [1.54, 1.807) is 29.2 Å². The monoisotopic (exact) mass is 358 g/mol. The van der Waals surface area contributed by atoms with E-state index in [2.05, 4.69) is 4.99 Å². The summed E-state index contributed by atoms with van der Waals surface area (Å²) in [4.78, 5) is 18.6. The van der Waals surface area contributed by atoms with E-state index >= 15 is 0 Å².